The van der Waals surface area contributed by atoms with E-state index in [0.717, 1.165) is 33.1 Å². The smallest absolute Gasteiger partial charge is 0.231 e. The van der Waals surface area contributed by atoms with Gasteiger partial charge in [0.25, 0.3) is 0 Å². The van der Waals surface area contributed by atoms with Crippen LogP contribution in [-0.2, 0) is 24.0 Å². The summed E-state index contributed by atoms with van der Waals surface area (Å²) in [4.78, 5) is 16.8. The first kappa shape index (κ1) is 18.2. The first-order valence-corrected chi connectivity index (χ1v) is 10.8. The van der Waals surface area contributed by atoms with Crippen molar-refractivity contribution in [1.82, 2.24) is 19.7 Å². The van der Waals surface area contributed by atoms with Gasteiger partial charge in [0.15, 0.2) is 5.16 Å². The third kappa shape index (κ3) is 4.56. The second kappa shape index (κ2) is 7.82. The highest BCUT2D eigenvalue weighted by Gasteiger charge is 2.29. The van der Waals surface area contributed by atoms with Gasteiger partial charge >= 0.3 is 0 Å². The van der Waals surface area contributed by atoms with E-state index in [-0.39, 0.29) is 5.91 Å². The van der Waals surface area contributed by atoms with Gasteiger partial charge in [-0.15, -0.1) is 21.5 Å². The van der Waals surface area contributed by atoms with Crippen LogP contribution in [0.5, 0.6) is 0 Å². The predicted molar refractivity (Wildman–Crippen MR) is 108 cm³/mol. The summed E-state index contributed by atoms with van der Waals surface area (Å²) in [5.74, 6) is 2.36. The Labute approximate surface area is 166 Å². The standard InChI is InChI=1S/C19H21N5OS2/c1-12-3-7-14(8-4-12)20-16(25)9-17-21-15(10-26-17)11-27-19-23-22-18(24(19)2)13-5-6-13/h3-4,7-8,10,13H,5-6,9,11H2,1-2H3,(H,20,25). The van der Waals surface area contributed by atoms with Crippen molar-refractivity contribution in [3.8, 4) is 0 Å². The number of carbonyl (C=O) groups is 1. The van der Waals surface area contributed by atoms with Crippen molar-refractivity contribution in [2.24, 2.45) is 7.05 Å². The van der Waals surface area contributed by atoms with Crippen molar-refractivity contribution in [2.45, 2.75) is 43.0 Å². The minimum atomic E-state index is -0.0465. The van der Waals surface area contributed by atoms with Crippen molar-refractivity contribution < 1.29 is 4.79 Å². The zero-order chi connectivity index (χ0) is 18.8. The third-order valence-electron chi connectivity index (χ3n) is 4.41. The van der Waals surface area contributed by atoms with Crippen molar-refractivity contribution in [3.63, 3.8) is 0 Å². The van der Waals surface area contributed by atoms with Crippen LogP contribution in [0.2, 0.25) is 0 Å². The number of nitrogens with zero attached hydrogens (tertiary/aromatic N) is 4. The number of anilines is 1. The summed E-state index contributed by atoms with van der Waals surface area (Å²) in [7, 11) is 2.03. The molecule has 8 heteroatoms. The number of amides is 1. The first-order valence-electron chi connectivity index (χ1n) is 8.90. The van der Waals surface area contributed by atoms with Crippen molar-refractivity contribution in [1.29, 1.82) is 0 Å². The second-order valence-electron chi connectivity index (χ2n) is 6.79. The minimum Gasteiger partial charge on any atom is -0.326 e. The first-order chi connectivity index (χ1) is 13.1. The number of hydrogen-bond acceptors (Lipinski definition) is 6. The van der Waals surface area contributed by atoms with Gasteiger partial charge in [-0.2, -0.15) is 0 Å². The van der Waals surface area contributed by atoms with Gasteiger partial charge in [0.1, 0.15) is 10.8 Å². The van der Waals surface area contributed by atoms with Gasteiger partial charge in [-0.3, -0.25) is 4.79 Å². The van der Waals surface area contributed by atoms with Gasteiger partial charge in [-0.05, 0) is 31.9 Å². The highest BCUT2D eigenvalue weighted by molar-refractivity contribution is 7.98. The topological polar surface area (TPSA) is 72.7 Å². The molecular formula is C19H21N5OS2. The molecule has 1 fully saturated rings. The van der Waals surface area contributed by atoms with Crippen LogP contribution in [0, 0.1) is 6.92 Å². The molecule has 0 bridgehead atoms. The maximum atomic E-state index is 12.2. The number of benzene rings is 1. The summed E-state index contributed by atoms with van der Waals surface area (Å²) in [5, 5.41) is 15.3. The lowest BCUT2D eigenvalue weighted by molar-refractivity contribution is -0.115. The van der Waals surface area contributed by atoms with Gasteiger partial charge in [0.05, 0.1) is 12.1 Å². The zero-order valence-electron chi connectivity index (χ0n) is 15.3. The Morgan fingerprint density at radius 1 is 1.30 bits per heavy atom. The molecule has 0 atom stereocenters. The molecule has 0 radical (unpaired) electrons. The molecule has 0 spiro atoms. The Kier molecular flexibility index (Phi) is 5.27. The molecule has 1 N–H and O–H groups in total. The maximum absolute atomic E-state index is 12.2. The number of nitrogens with one attached hydrogen (secondary N) is 1. The van der Waals surface area contributed by atoms with Gasteiger partial charge in [-0.1, -0.05) is 29.5 Å². The van der Waals surface area contributed by atoms with Crippen molar-refractivity contribution in [2.75, 3.05) is 5.32 Å². The van der Waals surface area contributed by atoms with E-state index in [1.54, 1.807) is 11.8 Å². The number of aromatic nitrogens is 4. The molecule has 0 unspecified atom stereocenters. The van der Waals surface area contributed by atoms with E-state index in [0.29, 0.717) is 12.3 Å². The lowest BCUT2D eigenvalue weighted by Crippen LogP contribution is -2.14. The molecular weight excluding hydrogens is 378 g/mol. The van der Waals surface area contributed by atoms with Crippen LogP contribution in [0.25, 0.3) is 0 Å². The Hall–Kier alpha value is -2.19. The molecule has 0 saturated heterocycles. The lowest BCUT2D eigenvalue weighted by Gasteiger charge is -2.04. The van der Waals surface area contributed by atoms with E-state index in [1.165, 1.54) is 29.7 Å². The van der Waals surface area contributed by atoms with E-state index in [2.05, 4.69) is 25.1 Å². The summed E-state index contributed by atoms with van der Waals surface area (Å²) in [6.45, 7) is 2.02. The van der Waals surface area contributed by atoms with Crippen molar-refractivity contribution in [3.05, 3.63) is 51.7 Å². The van der Waals surface area contributed by atoms with Gasteiger partial charge < -0.3 is 9.88 Å². The average molecular weight is 400 g/mol. The quantitative estimate of drug-likeness (QED) is 0.610. The summed E-state index contributed by atoms with van der Waals surface area (Å²) < 4.78 is 2.09. The molecule has 1 saturated carbocycles. The van der Waals surface area contributed by atoms with E-state index in [1.807, 2.05) is 43.6 Å². The van der Waals surface area contributed by atoms with Crippen LogP contribution < -0.4 is 5.32 Å². The number of hydrogen-bond donors (Lipinski definition) is 1. The molecule has 4 rings (SSSR count). The number of thioether (sulfide) groups is 1. The number of aryl methyl sites for hydroxylation is 1. The molecule has 1 aromatic carbocycles. The van der Waals surface area contributed by atoms with Crippen LogP contribution in [0.4, 0.5) is 5.69 Å². The molecule has 27 heavy (non-hydrogen) atoms. The van der Waals surface area contributed by atoms with Gasteiger partial charge in [0, 0.05) is 29.8 Å². The summed E-state index contributed by atoms with van der Waals surface area (Å²) >= 11 is 3.16. The Morgan fingerprint density at radius 3 is 2.81 bits per heavy atom. The van der Waals surface area contributed by atoms with Crippen LogP contribution in [0.15, 0.2) is 34.8 Å². The van der Waals surface area contributed by atoms with Crippen LogP contribution in [-0.4, -0.2) is 25.7 Å². The fraction of sp³-hybridized carbons (Fsp3) is 0.368. The van der Waals surface area contributed by atoms with Gasteiger partial charge in [-0.25, -0.2) is 4.98 Å². The summed E-state index contributed by atoms with van der Waals surface area (Å²) in [6, 6.07) is 7.78. The molecule has 1 amide bonds. The minimum absolute atomic E-state index is 0.0465. The second-order valence-corrected chi connectivity index (χ2v) is 8.67. The third-order valence-corrected chi connectivity index (χ3v) is 6.36. The molecule has 0 aliphatic heterocycles. The largest absolute Gasteiger partial charge is 0.326 e. The molecule has 1 aliphatic rings. The predicted octanol–water partition coefficient (Wildman–Crippen LogP) is 3.93. The number of thiazole rings is 1. The van der Waals surface area contributed by atoms with E-state index >= 15 is 0 Å². The average Bonchev–Trinajstić information content (AvgIpc) is 3.28. The van der Waals surface area contributed by atoms with Gasteiger partial charge in [0.2, 0.25) is 5.91 Å². The Bertz CT molecular complexity index is 943. The van der Waals surface area contributed by atoms with Crippen molar-refractivity contribution >= 4 is 34.7 Å². The molecule has 2 aromatic heterocycles. The SMILES string of the molecule is Cc1ccc(NC(=O)Cc2nc(CSc3nnc(C4CC4)n3C)cs2)cc1. The zero-order valence-corrected chi connectivity index (χ0v) is 16.9. The number of carbonyl (C=O) groups excluding carboxylic acids is 1. The monoisotopic (exact) mass is 399 g/mol. The molecule has 140 valence electrons. The highest BCUT2D eigenvalue weighted by atomic mass is 32.2. The fourth-order valence-electron chi connectivity index (χ4n) is 2.76. The normalized spacial score (nSPS) is 13.7. The number of rotatable bonds is 7. The van der Waals surface area contributed by atoms with E-state index in [9.17, 15) is 4.79 Å². The van der Waals surface area contributed by atoms with Crippen LogP contribution in [0.3, 0.4) is 0 Å². The lowest BCUT2D eigenvalue weighted by atomic mass is 10.2. The molecule has 2 heterocycles. The highest BCUT2D eigenvalue weighted by Crippen LogP contribution is 2.39. The van der Waals surface area contributed by atoms with Crippen LogP contribution >= 0.6 is 23.1 Å². The Balaban J connectivity index is 1.30. The maximum Gasteiger partial charge on any atom is 0.231 e. The molecule has 1 aliphatic carbocycles. The van der Waals surface area contributed by atoms with E-state index in [4.69, 9.17) is 0 Å². The summed E-state index contributed by atoms with van der Waals surface area (Å²) in [5.41, 5.74) is 2.95. The van der Waals surface area contributed by atoms with Crippen LogP contribution in [0.1, 0.15) is 40.8 Å². The summed E-state index contributed by atoms with van der Waals surface area (Å²) in [6.07, 6.45) is 2.73. The Morgan fingerprint density at radius 2 is 2.07 bits per heavy atom. The molecule has 6 nitrogen and oxygen atoms in total. The van der Waals surface area contributed by atoms with E-state index < -0.39 is 0 Å². The molecule has 3 aromatic rings. The fourth-order valence-corrected chi connectivity index (χ4v) is 4.47.